The van der Waals surface area contributed by atoms with E-state index in [0.717, 1.165) is 0 Å². The van der Waals surface area contributed by atoms with Gasteiger partial charge in [0.05, 0.1) is 5.56 Å². The molecular formula is C11H11ClO2. The average molecular weight is 211 g/mol. The summed E-state index contributed by atoms with van der Waals surface area (Å²) in [5, 5.41) is -0.499. The molecule has 1 aromatic carbocycles. The van der Waals surface area contributed by atoms with Gasteiger partial charge in [-0.3, -0.25) is 4.79 Å². The van der Waals surface area contributed by atoms with Gasteiger partial charge in [0.15, 0.2) is 0 Å². The van der Waals surface area contributed by atoms with Gasteiger partial charge in [-0.25, -0.2) is 0 Å². The molecule has 0 N–H and O–H groups in total. The van der Waals surface area contributed by atoms with E-state index >= 15 is 0 Å². The maximum atomic E-state index is 11.0. The Bertz CT molecular complexity index is 345. The highest BCUT2D eigenvalue weighted by atomic mass is 35.5. The van der Waals surface area contributed by atoms with Gasteiger partial charge in [-0.2, -0.15) is 0 Å². The number of carbonyl (C=O) groups excluding carboxylic acids is 1. The predicted molar refractivity (Wildman–Crippen MR) is 56.9 cm³/mol. The summed E-state index contributed by atoms with van der Waals surface area (Å²) in [5.74, 6) is 0.519. The molecule has 0 radical (unpaired) electrons. The zero-order chi connectivity index (χ0) is 10.4. The number of para-hydroxylation sites is 1. The Balaban J connectivity index is 2.79. The minimum absolute atomic E-state index is 0.402. The van der Waals surface area contributed by atoms with Crippen LogP contribution in [-0.2, 0) is 0 Å². The van der Waals surface area contributed by atoms with Crippen LogP contribution in [-0.4, -0.2) is 11.8 Å². The first-order chi connectivity index (χ1) is 6.75. The first-order valence-electron chi connectivity index (χ1n) is 4.28. The Labute approximate surface area is 88.1 Å². The van der Waals surface area contributed by atoms with Crippen LogP contribution in [0.5, 0.6) is 5.75 Å². The molecule has 0 aromatic heterocycles. The summed E-state index contributed by atoms with van der Waals surface area (Å²) in [6, 6.07) is 6.91. The third kappa shape index (κ3) is 2.89. The third-order valence-electron chi connectivity index (χ3n) is 1.67. The van der Waals surface area contributed by atoms with Gasteiger partial charge in [-0.15, -0.1) is 0 Å². The van der Waals surface area contributed by atoms with Crippen LogP contribution in [0.1, 0.15) is 17.3 Å². The van der Waals surface area contributed by atoms with Crippen molar-refractivity contribution in [1.82, 2.24) is 0 Å². The maximum absolute atomic E-state index is 11.0. The Morgan fingerprint density at radius 1 is 1.50 bits per heavy atom. The largest absolute Gasteiger partial charge is 0.489 e. The van der Waals surface area contributed by atoms with Crippen molar-refractivity contribution in [3.63, 3.8) is 0 Å². The SMILES string of the molecule is C/C=C/COc1ccccc1C(=O)Cl. The first kappa shape index (κ1) is 10.8. The number of hydrogen-bond acceptors (Lipinski definition) is 2. The van der Waals surface area contributed by atoms with Gasteiger partial charge in [-0.1, -0.05) is 24.3 Å². The summed E-state index contributed by atoms with van der Waals surface area (Å²) in [7, 11) is 0. The van der Waals surface area contributed by atoms with E-state index in [1.807, 2.05) is 19.1 Å². The van der Waals surface area contributed by atoms with E-state index in [1.54, 1.807) is 24.3 Å². The molecule has 3 heteroatoms. The normalized spacial score (nSPS) is 10.4. The van der Waals surface area contributed by atoms with E-state index < -0.39 is 5.24 Å². The fourth-order valence-electron chi connectivity index (χ4n) is 0.989. The lowest BCUT2D eigenvalue weighted by molar-refractivity contribution is 0.107. The van der Waals surface area contributed by atoms with Gasteiger partial charge >= 0.3 is 0 Å². The highest BCUT2D eigenvalue weighted by Crippen LogP contribution is 2.19. The van der Waals surface area contributed by atoms with Crippen LogP contribution in [0.4, 0.5) is 0 Å². The monoisotopic (exact) mass is 210 g/mol. The molecule has 0 heterocycles. The number of allylic oxidation sites excluding steroid dienone is 1. The van der Waals surface area contributed by atoms with Gasteiger partial charge in [-0.05, 0) is 30.7 Å². The highest BCUT2D eigenvalue weighted by molar-refractivity contribution is 6.68. The lowest BCUT2D eigenvalue weighted by Gasteiger charge is -2.05. The molecule has 0 aliphatic heterocycles. The third-order valence-corrected chi connectivity index (χ3v) is 1.87. The number of hydrogen-bond donors (Lipinski definition) is 0. The fourth-order valence-corrected chi connectivity index (χ4v) is 1.15. The first-order valence-corrected chi connectivity index (χ1v) is 4.66. The van der Waals surface area contributed by atoms with E-state index in [1.165, 1.54) is 0 Å². The Morgan fingerprint density at radius 2 is 2.21 bits per heavy atom. The molecule has 1 aromatic rings. The molecule has 2 nitrogen and oxygen atoms in total. The van der Waals surface area contributed by atoms with Crippen LogP contribution < -0.4 is 4.74 Å². The van der Waals surface area contributed by atoms with Crippen molar-refractivity contribution in [1.29, 1.82) is 0 Å². The number of benzene rings is 1. The summed E-state index contributed by atoms with van der Waals surface area (Å²) in [5.41, 5.74) is 0.402. The fraction of sp³-hybridized carbons (Fsp3) is 0.182. The minimum Gasteiger partial charge on any atom is -0.489 e. The summed E-state index contributed by atoms with van der Waals surface area (Å²) < 4.78 is 5.35. The summed E-state index contributed by atoms with van der Waals surface area (Å²) in [6.07, 6.45) is 3.74. The summed E-state index contributed by atoms with van der Waals surface area (Å²) in [6.45, 7) is 2.35. The minimum atomic E-state index is -0.499. The van der Waals surface area contributed by atoms with Crippen molar-refractivity contribution in [3.8, 4) is 5.75 Å². The number of rotatable bonds is 4. The number of ether oxygens (including phenoxy) is 1. The second kappa shape index (κ2) is 5.45. The quantitative estimate of drug-likeness (QED) is 0.564. The smallest absolute Gasteiger partial charge is 0.256 e. The summed E-state index contributed by atoms with van der Waals surface area (Å²) >= 11 is 5.38. The molecule has 0 bridgehead atoms. The Hall–Kier alpha value is -1.28. The number of carbonyl (C=O) groups is 1. The van der Waals surface area contributed by atoms with Crippen LogP contribution >= 0.6 is 11.6 Å². The maximum Gasteiger partial charge on any atom is 0.256 e. The van der Waals surface area contributed by atoms with Crippen molar-refractivity contribution in [2.24, 2.45) is 0 Å². The van der Waals surface area contributed by atoms with E-state index in [-0.39, 0.29) is 0 Å². The molecule has 0 fully saturated rings. The van der Waals surface area contributed by atoms with Gasteiger partial charge in [0.2, 0.25) is 0 Å². The molecule has 0 amide bonds. The topological polar surface area (TPSA) is 26.3 Å². The molecule has 0 unspecified atom stereocenters. The molecule has 0 aliphatic rings. The zero-order valence-electron chi connectivity index (χ0n) is 7.87. The lowest BCUT2D eigenvalue weighted by Crippen LogP contribution is -1.99. The van der Waals surface area contributed by atoms with Crippen LogP contribution in [0.2, 0.25) is 0 Å². The van der Waals surface area contributed by atoms with Crippen LogP contribution in [0.15, 0.2) is 36.4 Å². The van der Waals surface area contributed by atoms with Gasteiger partial charge in [0.1, 0.15) is 12.4 Å². The standard InChI is InChI=1S/C11H11ClO2/c1-2-3-8-14-10-7-5-4-6-9(10)11(12)13/h2-7H,8H2,1H3/b3-2+. The van der Waals surface area contributed by atoms with E-state index in [0.29, 0.717) is 17.9 Å². The molecule has 0 aliphatic carbocycles. The molecule has 0 saturated carbocycles. The van der Waals surface area contributed by atoms with Crippen molar-refractivity contribution < 1.29 is 9.53 Å². The second-order valence-corrected chi connectivity index (χ2v) is 2.99. The van der Waals surface area contributed by atoms with E-state index in [9.17, 15) is 4.79 Å². The molecule has 0 saturated heterocycles. The Morgan fingerprint density at radius 3 is 2.86 bits per heavy atom. The predicted octanol–water partition coefficient (Wildman–Crippen LogP) is 3.02. The summed E-state index contributed by atoms with van der Waals surface area (Å²) in [4.78, 5) is 11.0. The molecular weight excluding hydrogens is 200 g/mol. The van der Waals surface area contributed by atoms with Crippen molar-refractivity contribution in [2.45, 2.75) is 6.92 Å². The Kier molecular flexibility index (Phi) is 4.20. The van der Waals surface area contributed by atoms with Gasteiger partial charge < -0.3 is 4.74 Å². The van der Waals surface area contributed by atoms with Crippen molar-refractivity contribution >= 4 is 16.8 Å². The molecule has 0 spiro atoms. The molecule has 0 atom stereocenters. The van der Waals surface area contributed by atoms with Crippen LogP contribution in [0, 0.1) is 0 Å². The highest BCUT2D eigenvalue weighted by Gasteiger charge is 2.07. The van der Waals surface area contributed by atoms with Crippen LogP contribution in [0.25, 0.3) is 0 Å². The van der Waals surface area contributed by atoms with Crippen molar-refractivity contribution in [3.05, 3.63) is 42.0 Å². The average Bonchev–Trinajstić information content (AvgIpc) is 2.19. The molecule has 14 heavy (non-hydrogen) atoms. The zero-order valence-corrected chi connectivity index (χ0v) is 8.62. The lowest BCUT2D eigenvalue weighted by atomic mass is 10.2. The van der Waals surface area contributed by atoms with Gasteiger partial charge in [0, 0.05) is 0 Å². The van der Waals surface area contributed by atoms with E-state index in [2.05, 4.69) is 0 Å². The van der Waals surface area contributed by atoms with Crippen molar-refractivity contribution in [2.75, 3.05) is 6.61 Å². The van der Waals surface area contributed by atoms with Gasteiger partial charge in [0.25, 0.3) is 5.24 Å². The molecule has 74 valence electrons. The second-order valence-electron chi connectivity index (χ2n) is 2.65. The molecule has 1 rings (SSSR count). The van der Waals surface area contributed by atoms with E-state index in [4.69, 9.17) is 16.3 Å². The van der Waals surface area contributed by atoms with Crippen LogP contribution in [0.3, 0.4) is 0 Å². The number of halogens is 1.